The maximum atomic E-state index is 11.3. The van der Waals surface area contributed by atoms with Crippen molar-refractivity contribution in [1.82, 2.24) is 54.0 Å². The molecule has 0 amide bonds. The Kier molecular flexibility index (Phi) is 13.9. The van der Waals surface area contributed by atoms with Crippen LogP contribution in [0.1, 0.15) is 11.1 Å². The van der Waals surface area contributed by atoms with Crippen molar-refractivity contribution in [2.24, 2.45) is 0 Å². The zero-order valence-corrected chi connectivity index (χ0v) is 51.1. The number of nitriles is 2. The first-order valence-electron chi connectivity index (χ1n) is 31.3. The first-order valence-corrected chi connectivity index (χ1v) is 31.3. The van der Waals surface area contributed by atoms with Gasteiger partial charge in [0, 0.05) is 88.6 Å². The van der Waals surface area contributed by atoms with E-state index in [-0.39, 0.29) is 0 Å². The molecule has 12 aromatic carbocycles. The molecule has 13 heteroatoms. The molecule has 5 heterocycles. The van der Waals surface area contributed by atoms with Crippen LogP contribution in [0.2, 0.25) is 0 Å². The summed E-state index contributed by atoms with van der Waals surface area (Å²) in [6.45, 7) is 0. The second-order valence-electron chi connectivity index (χ2n) is 23.1. The van der Waals surface area contributed by atoms with Gasteiger partial charge >= 0.3 is 0 Å². The smallest absolute Gasteiger partial charge is 0.165 e. The Balaban J connectivity index is 0.792. The van der Waals surface area contributed by atoms with Gasteiger partial charge < -0.3 is 9.13 Å². The predicted octanol–water partition coefficient (Wildman–Crippen LogP) is 18.8. The van der Waals surface area contributed by atoms with Gasteiger partial charge in [0.1, 0.15) is 0 Å². The van der Waals surface area contributed by atoms with Crippen LogP contribution in [0.3, 0.4) is 0 Å². The molecule has 0 atom stereocenters. The normalized spacial score (nSPS) is 11.3. The summed E-state index contributed by atoms with van der Waals surface area (Å²) in [5, 5.41) is 26.1. The van der Waals surface area contributed by atoms with Gasteiger partial charge in [0.15, 0.2) is 52.4 Å². The van der Waals surface area contributed by atoms with Crippen molar-refractivity contribution < 1.29 is 0 Å². The molecule has 0 saturated heterocycles. The van der Waals surface area contributed by atoms with Gasteiger partial charge in [0.25, 0.3) is 0 Å². The first-order chi connectivity index (χ1) is 47.5. The molecule has 96 heavy (non-hydrogen) atoms. The minimum atomic E-state index is 0.308. The van der Waals surface area contributed by atoms with Crippen molar-refractivity contribution in [3.8, 4) is 137 Å². The summed E-state index contributed by atoms with van der Waals surface area (Å²) in [6, 6.07) is 104. The standard InChI is InChI=1S/C83H49N13/c84-50-59-32-16-17-33-63(59)68-49-62(96-72-37-21-19-35-66(72)70-48-58(39-45-74(70)96)81-90-77(54-26-10-3-11-27-54)87-78(91-81)55-28-12-4-13-29-55)41-43-67(68)83-93-79(56-30-14-5-15-31-56)92-82(94-83)64-42-40-61(46-60(64)51-85)95-71-36-20-18-34-65(71)69-47-57(38-44-73(69)95)80-88-75(52-22-6-1-7-23-52)86-76(89-80)53-24-8-2-9-25-53/h1-49H. The molecule has 0 aliphatic heterocycles. The van der Waals surface area contributed by atoms with Crippen molar-refractivity contribution in [2.45, 2.75) is 0 Å². The van der Waals surface area contributed by atoms with E-state index in [1.165, 1.54) is 0 Å². The monoisotopic (exact) mass is 1230 g/mol. The third-order valence-electron chi connectivity index (χ3n) is 17.4. The van der Waals surface area contributed by atoms with Crippen LogP contribution in [0.15, 0.2) is 297 Å². The Hall–Kier alpha value is -13.8. The lowest BCUT2D eigenvalue weighted by Gasteiger charge is -2.16. The van der Waals surface area contributed by atoms with Crippen molar-refractivity contribution >= 4 is 43.6 Å². The molecule has 446 valence electrons. The van der Waals surface area contributed by atoms with Crippen LogP contribution < -0.4 is 0 Å². The number of nitrogens with zero attached hydrogens (tertiary/aromatic N) is 13. The zero-order chi connectivity index (χ0) is 64.1. The lowest BCUT2D eigenvalue weighted by molar-refractivity contribution is 1.07. The molecule has 0 aliphatic rings. The van der Waals surface area contributed by atoms with Crippen LogP contribution in [0.25, 0.3) is 169 Å². The fraction of sp³-hybridized carbons (Fsp3) is 0. The predicted molar refractivity (Wildman–Crippen MR) is 379 cm³/mol. The maximum absolute atomic E-state index is 11.3. The average Bonchev–Trinajstić information content (AvgIpc) is 1.57. The molecule has 0 aliphatic carbocycles. The fourth-order valence-electron chi connectivity index (χ4n) is 12.9. The van der Waals surface area contributed by atoms with Gasteiger partial charge in [-0.15, -0.1) is 0 Å². The molecule has 13 nitrogen and oxygen atoms in total. The Morgan fingerprint density at radius 1 is 0.208 bits per heavy atom. The number of benzene rings is 12. The summed E-state index contributed by atoms with van der Waals surface area (Å²) in [5.41, 5.74) is 14.9. The Labute approximate surface area is 550 Å². The molecule has 5 aromatic heterocycles. The van der Waals surface area contributed by atoms with E-state index in [1.54, 1.807) is 0 Å². The molecule has 0 saturated carbocycles. The summed E-state index contributed by atoms with van der Waals surface area (Å²) in [6.07, 6.45) is 0. The summed E-state index contributed by atoms with van der Waals surface area (Å²) < 4.78 is 4.43. The van der Waals surface area contributed by atoms with Gasteiger partial charge in [-0.1, -0.05) is 206 Å². The molecule has 17 rings (SSSR count). The summed E-state index contributed by atoms with van der Waals surface area (Å²) >= 11 is 0. The van der Waals surface area contributed by atoms with E-state index in [4.69, 9.17) is 44.9 Å². The Morgan fingerprint density at radius 3 is 0.958 bits per heavy atom. The van der Waals surface area contributed by atoms with E-state index in [0.717, 1.165) is 99.5 Å². The molecule has 0 bridgehead atoms. The third kappa shape index (κ3) is 10.1. The van der Waals surface area contributed by atoms with Crippen LogP contribution in [0, 0.1) is 22.7 Å². The number of hydrogen-bond donors (Lipinski definition) is 0. The molecule has 0 unspecified atom stereocenters. The van der Waals surface area contributed by atoms with Gasteiger partial charge in [-0.3, -0.25) is 0 Å². The summed E-state index contributed by atoms with van der Waals surface area (Å²) in [4.78, 5) is 45.9. The topological polar surface area (TPSA) is 173 Å². The molecule has 0 N–H and O–H groups in total. The van der Waals surface area contributed by atoms with E-state index in [1.807, 2.05) is 224 Å². The number of para-hydroxylation sites is 2. The van der Waals surface area contributed by atoms with Crippen molar-refractivity contribution in [1.29, 1.82) is 10.5 Å². The first kappa shape index (κ1) is 56.2. The van der Waals surface area contributed by atoms with Crippen LogP contribution in [-0.2, 0) is 0 Å². The molecular formula is C83H49N13. The van der Waals surface area contributed by atoms with Gasteiger partial charge in [-0.2, -0.15) is 10.5 Å². The number of hydrogen-bond acceptors (Lipinski definition) is 11. The van der Waals surface area contributed by atoms with E-state index in [2.05, 4.69) is 94.1 Å². The van der Waals surface area contributed by atoms with Gasteiger partial charge in [-0.25, -0.2) is 44.9 Å². The SMILES string of the molecule is N#Cc1cc(-n2c3ccccc3c3cc(-c4nc(-c5ccccc5)nc(-c5ccccc5)n4)ccc32)ccc1-c1nc(-c2ccccc2)nc(-c2ccc(-n3c4ccccc4c4cc(-c5nc(-c6ccccc6)nc(-c6ccccc6)n5)ccc43)cc2-c2ccccc2C#N)n1. The Bertz CT molecular complexity index is 5860. The highest BCUT2D eigenvalue weighted by Gasteiger charge is 2.24. The van der Waals surface area contributed by atoms with E-state index >= 15 is 0 Å². The third-order valence-corrected chi connectivity index (χ3v) is 17.4. The van der Waals surface area contributed by atoms with Crippen molar-refractivity contribution in [3.63, 3.8) is 0 Å². The van der Waals surface area contributed by atoms with Crippen LogP contribution in [-0.4, -0.2) is 54.0 Å². The molecular weight excluding hydrogens is 1180 g/mol. The minimum absolute atomic E-state index is 0.308. The van der Waals surface area contributed by atoms with Gasteiger partial charge in [0.05, 0.1) is 45.3 Å². The second kappa shape index (κ2) is 23.8. The molecule has 0 fully saturated rings. The van der Waals surface area contributed by atoms with Gasteiger partial charge in [0.2, 0.25) is 0 Å². The zero-order valence-electron chi connectivity index (χ0n) is 51.1. The number of rotatable bonds is 12. The Morgan fingerprint density at radius 2 is 0.531 bits per heavy atom. The highest BCUT2D eigenvalue weighted by atomic mass is 15.1. The fourth-order valence-corrected chi connectivity index (χ4v) is 12.9. The van der Waals surface area contributed by atoms with E-state index < -0.39 is 0 Å². The average molecular weight is 1230 g/mol. The maximum Gasteiger partial charge on any atom is 0.165 e. The lowest BCUT2D eigenvalue weighted by atomic mass is 9.94. The van der Waals surface area contributed by atoms with Crippen LogP contribution in [0.5, 0.6) is 0 Å². The van der Waals surface area contributed by atoms with Crippen LogP contribution >= 0.6 is 0 Å². The summed E-state index contributed by atoms with van der Waals surface area (Å²) in [5.74, 6) is 4.51. The molecule has 0 radical (unpaired) electrons. The number of fused-ring (bicyclic) bond motifs is 6. The largest absolute Gasteiger partial charge is 0.309 e. The van der Waals surface area contributed by atoms with Gasteiger partial charge in [-0.05, 0) is 96.6 Å². The molecule has 17 aromatic rings. The quantitative estimate of drug-likeness (QED) is 0.114. The van der Waals surface area contributed by atoms with E-state index in [9.17, 15) is 10.5 Å². The van der Waals surface area contributed by atoms with E-state index in [0.29, 0.717) is 80.2 Å². The summed E-state index contributed by atoms with van der Waals surface area (Å²) in [7, 11) is 0. The van der Waals surface area contributed by atoms with Crippen LogP contribution in [0.4, 0.5) is 0 Å². The van der Waals surface area contributed by atoms with Crippen molar-refractivity contribution in [2.75, 3.05) is 0 Å². The highest BCUT2D eigenvalue weighted by Crippen LogP contribution is 2.42. The second-order valence-corrected chi connectivity index (χ2v) is 23.1. The highest BCUT2D eigenvalue weighted by molar-refractivity contribution is 6.12. The van der Waals surface area contributed by atoms with Crippen molar-refractivity contribution in [3.05, 3.63) is 308 Å². The molecule has 0 spiro atoms. The lowest BCUT2D eigenvalue weighted by Crippen LogP contribution is -2.04. The minimum Gasteiger partial charge on any atom is -0.309 e. The number of aromatic nitrogens is 11.